The van der Waals surface area contributed by atoms with Crippen LogP contribution < -0.4 is 74.0 Å². The van der Waals surface area contributed by atoms with E-state index in [1.54, 1.807) is 0 Å². The van der Waals surface area contributed by atoms with Gasteiger partial charge in [-0.05, 0) is 5.76 Å². The van der Waals surface area contributed by atoms with E-state index >= 15 is 0 Å². The topological polar surface area (TPSA) is 110 Å². The molecule has 0 unspecified atom stereocenters. The van der Waals surface area contributed by atoms with E-state index in [1.807, 2.05) is 0 Å². The van der Waals surface area contributed by atoms with E-state index in [-0.39, 0.29) is 68.9 Å². The molecule has 68 valence electrons. The van der Waals surface area contributed by atoms with Crippen LogP contribution in [0.15, 0.2) is 11.5 Å². The molecular weight excluding hydrogens is 301 g/mol. The Morgan fingerprint density at radius 2 is 2.15 bits per heavy atom. The fourth-order valence-corrected chi connectivity index (χ4v) is 0.809. The first-order chi connectivity index (χ1) is 5.57. The maximum atomic E-state index is 10.8. The van der Waals surface area contributed by atoms with E-state index in [2.05, 4.69) is 4.74 Å². The Bertz CT molecular complexity index is 237. The van der Waals surface area contributed by atoms with Gasteiger partial charge in [-0.1, -0.05) is 0 Å². The number of hydrogen-bond acceptors (Lipinski definition) is 6. The van der Waals surface area contributed by atoms with Crippen LogP contribution in [0, 0.1) is 0 Å². The summed E-state index contributed by atoms with van der Waals surface area (Å²) in [4.78, 5) is 10.5. The van der Waals surface area contributed by atoms with Crippen molar-refractivity contribution in [2.75, 3.05) is 6.61 Å². The summed E-state index contributed by atoms with van der Waals surface area (Å²) >= 11 is 0. The Balaban J connectivity index is 0.00000144. The molecule has 0 aromatic heterocycles. The summed E-state index contributed by atoms with van der Waals surface area (Å²) in [5, 5.41) is 36.8. The van der Waals surface area contributed by atoms with Crippen LogP contribution in [-0.2, 0) is 9.53 Å². The van der Waals surface area contributed by atoms with Gasteiger partial charge in [0, 0.05) is 0 Å². The molecule has 1 aliphatic rings. The number of esters is 1. The van der Waals surface area contributed by atoms with Crippen LogP contribution in [-0.4, -0.2) is 40.1 Å². The summed E-state index contributed by atoms with van der Waals surface area (Å²) in [6, 6.07) is 0. The van der Waals surface area contributed by atoms with Gasteiger partial charge in [-0.3, -0.25) is 0 Å². The molecule has 1 aliphatic heterocycles. The predicted molar refractivity (Wildman–Crippen MR) is 32.6 cm³/mol. The van der Waals surface area contributed by atoms with E-state index in [0.29, 0.717) is 0 Å². The number of ether oxygens (including phenoxy) is 1. The largest absolute Gasteiger partial charge is 1.00 e. The molecule has 0 saturated carbocycles. The van der Waals surface area contributed by atoms with Crippen LogP contribution in [0.3, 0.4) is 0 Å². The molecule has 7 heteroatoms. The molecule has 0 saturated heterocycles. The molecule has 13 heavy (non-hydrogen) atoms. The molecule has 0 aliphatic carbocycles. The van der Waals surface area contributed by atoms with Crippen LogP contribution in [0.5, 0.6) is 0 Å². The zero-order chi connectivity index (χ0) is 9.30. The predicted octanol–water partition coefficient (Wildman–Crippen LogP) is -5.60. The minimum atomic E-state index is -1.48. The third-order valence-electron chi connectivity index (χ3n) is 1.46. The number of carbonyl (C=O) groups is 1. The Morgan fingerprint density at radius 3 is 2.46 bits per heavy atom. The summed E-state index contributed by atoms with van der Waals surface area (Å²) in [7, 11) is 0. The number of aliphatic hydroxyl groups excluding tert-OH is 3. The fourth-order valence-electron chi connectivity index (χ4n) is 0.809. The second-order valence-electron chi connectivity index (χ2n) is 2.29. The third kappa shape index (κ3) is 2.86. The van der Waals surface area contributed by atoms with Crippen molar-refractivity contribution in [3.8, 4) is 0 Å². The van der Waals surface area contributed by atoms with Gasteiger partial charge in [0.2, 0.25) is 0 Å². The Morgan fingerprint density at radius 1 is 1.62 bits per heavy atom. The normalized spacial score (nSPS) is 23.8. The summed E-state index contributed by atoms with van der Waals surface area (Å²) in [6.07, 6.45) is -2.95. The van der Waals surface area contributed by atoms with Crippen LogP contribution in [0.2, 0.25) is 0 Å². The second-order valence-corrected chi connectivity index (χ2v) is 2.29. The molecule has 0 aromatic rings. The molecule has 0 radical (unpaired) electrons. The molecule has 0 amide bonds. The van der Waals surface area contributed by atoms with Gasteiger partial charge >= 0.3 is 74.9 Å². The van der Waals surface area contributed by atoms with Gasteiger partial charge < -0.3 is 25.2 Å². The Kier molecular flexibility index (Phi) is 5.95. The first-order valence-electron chi connectivity index (χ1n) is 3.18. The van der Waals surface area contributed by atoms with Crippen LogP contribution in [0.4, 0.5) is 0 Å². The van der Waals surface area contributed by atoms with Crippen molar-refractivity contribution in [2.24, 2.45) is 0 Å². The van der Waals surface area contributed by atoms with Gasteiger partial charge in [0.1, 0.15) is 12.2 Å². The van der Waals surface area contributed by atoms with Crippen molar-refractivity contribution in [2.45, 2.75) is 12.2 Å². The Hall–Kier alpha value is 0.782. The van der Waals surface area contributed by atoms with Crippen molar-refractivity contribution in [3.63, 3.8) is 0 Å². The number of aliphatic hydroxyl groups is 3. The molecule has 1 heterocycles. The number of cyclic esters (lactones) is 1. The first kappa shape index (κ1) is 13.8. The van der Waals surface area contributed by atoms with Crippen LogP contribution in [0.1, 0.15) is 0 Å². The number of hydrogen-bond donors (Lipinski definition) is 3. The minimum absolute atomic E-state index is 0. The fraction of sp³-hybridized carbons (Fsp3) is 0.500. The summed E-state index contributed by atoms with van der Waals surface area (Å²) < 4.78 is 4.25. The van der Waals surface area contributed by atoms with E-state index in [9.17, 15) is 9.90 Å². The van der Waals surface area contributed by atoms with Gasteiger partial charge in [0.05, 0.1) is 6.61 Å². The average molecular weight is 308 g/mol. The van der Waals surface area contributed by atoms with Gasteiger partial charge in [0.15, 0.2) is 5.76 Å². The van der Waals surface area contributed by atoms with Gasteiger partial charge in [-0.15, -0.1) is 0 Å². The maximum Gasteiger partial charge on any atom is 1.00 e. The monoisotopic (exact) mass is 308 g/mol. The zero-order valence-electron chi connectivity index (χ0n) is 6.93. The molecule has 0 aromatic carbocycles. The van der Waals surface area contributed by atoms with E-state index in [4.69, 9.17) is 15.3 Å². The summed E-state index contributed by atoms with van der Waals surface area (Å²) in [5.41, 5.74) is 0. The summed E-state index contributed by atoms with van der Waals surface area (Å²) in [5.74, 6) is -3.20. The van der Waals surface area contributed by atoms with Gasteiger partial charge in [-0.2, -0.15) is 0 Å². The smallest absolute Gasteiger partial charge is 0.870 e. The molecule has 2 atom stereocenters. The molecule has 0 bridgehead atoms. The SMILES string of the molecule is O=C1O[C@H]([C@@H](O)CO)C([O-])=C1O.[Cs+]. The van der Waals surface area contributed by atoms with E-state index < -0.39 is 36.3 Å². The second kappa shape index (κ2) is 5.61. The van der Waals surface area contributed by atoms with Crippen molar-refractivity contribution in [3.05, 3.63) is 11.5 Å². The van der Waals surface area contributed by atoms with Gasteiger partial charge in [-0.25, -0.2) is 4.79 Å². The molecule has 6 nitrogen and oxygen atoms in total. The van der Waals surface area contributed by atoms with E-state index in [0.717, 1.165) is 0 Å². The van der Waals surface area contributed by atoms with Crippen molar-refractivity contribution in [1.29, 1.82) is 0 Å². The average Bonchev–Trinajstić information content (AvgIpc) is 2.32. The van der Waals surface area contributed by atoms with E-state index in [1.165, 1.54) is 0 Å². The molecule has 0 fully saturated rings. The molecular formula is C6H7CsO6. The van der Waals surface area contributed by atoms with Crippen molar-refractivity contribution in [1.82, 2.24) is 0 Å². The van der Waals surface area contributed by atoms with Crippen LogP contribution in [0.25, 0.3) is 0 Å². The maximum absolute atomic E-state index is 10.8. The molecule has 3 N–H and O–H groups in total. The van der Waals surface area contributed by atoms with Gasteiger partial charge in [0.25, 0.3) is 0 Å². The quantitative estimate of drug-likeness (QED) is 0.439. The third-order valence-corrected chi connectivity index (χ3v) is 1.46. The minimum Gasteiger partial charge on any atom is -0.870 e. The zero-order valence-corrected chi connectivity index (χ0v) is 13.2. The standard InChI is InChI=1S/C6H8O6.Cs/c7-1-2(8)5-3(9)4(10)6(11)12-5;/h2,5,7-10H,1H2;/q;+1/p-1/t2-,5+;/m0./s1. The van der Waals surface area contributed by atoms with Crippen LogP contribution >= 0.6 is 0 Å². The number of rotatable bonds is 2. The first-order valence-corrected chi connectivity index (χ1v) is 3.18. The van der Waals surface area contributed by atoms with Crippen molar-refractivity contribution < 1.29 is 98.9 Å². The Labute approximate surface area is 133 Å². The van der Waals surface area contributed by atoms with Crippen molar-refractivity contribution >= 4 is 5.97 Å². The number of carbonyl (C=O) groups excluding carboxylic acids is 1. The molecule has 0 spiro atoms. The molecule has 1 rings (SSSR count). The summed E-state index contributed by atoms with van der Waals surface area (Å²) in [6.45, 7) is -0.711.